The number of fused-ring (bicyclic) bond motifs is 1. The minimum absolute atomic E-state index is 0.250. The van der Waals surface area contributed by atoms with E-state index in [1.54, 1.807) is 12.1 Å². The van der Waals surface area contributed by atoms with Crippen molar-refractivity contribution in [1.82, 2.24) is 25.2 Å². The topological polar surface area (TPSA) is 76.7 Å². The number of aromatic nitrogens is 5. The van der Waals surface area contributed by atoms with Crippen LogP contribution in [0.1, 0.15) is 11.3 Å². The number of halogens is 5. The number of alkyl halides is 2. The van der Waals surface area contributed by atoms with Gasteiger partial charge in [-0.2, -0.15) is 8.78 Å². The zero-order chi connectivity index (χ0) is 21.5. The lowest BCUT2D eigenvalue weighted by Gasteiger charge is -2.35. The maximum atomic E-state index is 15.7. The third-order valence-corrected chi connectivity index (χ3v) is 5.14. The largest absolute Gasteiger partial charge is 0.377 e. The molecule has 0 aliphatic rings. The van der Waals surface area contributed by atoms with Crippen molar-refractivity contribution >= 4 is 26.8 Å². The van der Waals surface area contributed by atoms with Crippen molar-refractivity contribution in [3.63, 3.8) is 0 Å². The van der Waals surface area contributed by atoms with Gasteiger partial charge < -0.3 is 5.11 Å². The molecule has 0 saturated heterocycles. The van der Waals surface area contributed by atoms with Gasteiger partial charge in [0.2, 0.25) is 0 Å². The number of nitrogens with zero attached hydrogens (tertiary/aromatic N) is 5. The van der Waals surface area contributed by atoms with Crippen LogP contribution in [-0.4, -0.2) is 30.3 Å². The van der Waals surface area contributed by atoms with Crippen molar-refractivity contribution in [3.05, 3.63) is 82.2 Å². The normalized spacial score (nSPS) is 14.1. The summed E-state index contributed by atoms with van der Waals surface area (Å²) in [5, 5.41) is 21.9. The molecule has 0 spiro atoms. The summed E-state index contributed by atoms with van der Waals surface area (Å²) in [6.07, 6.45) is 0.994. The van der Waals surface area contributed by atoms with E-state index in [1.165, 1.54) is 12.1 Å². The molecule has 0 fully saturated rings. The smallest absolute Gasteiger partial charge is 0.323 e. The summed E-state index contributed by atoms with van der Waals surface area (Å²) in [5.41, 5.74) is -4.53. The second-order valence-electron chi connectivity index (χ2n) is 6.60. The number of tetrazole rings is 1. The summed E-state index contributed by atoms with van der Waals surface area (Å²) < 4.78 is 60.9. The fourth-order valence-electron chi connectivity index (χ4n) is 3.15. The highest BCUT2D eigenvalue weighted by Gasteiger charge is 2.58. The van der Waals surface area contributed by atoms with Crippen molar-refractivity contribution < 1.29 is 22.7 Å². The van der Waals surface area contributed by atoms with Crippen LogP contribution in [0.2, 0.25) is 0 Å². The van der Waals surface area contributed by atoms with Gasteiger partial charge in [-0.1, -0.05) is 22.0 Å². The van der Waals surface area contributed by atoms with E-state index in [4.69, 9.17) is 0 Å². The van der Waals surface area contributed by atoms with Gasteiger partial charge in [-0.05, 0) is 46.8 Å². The van der Waals surface area contributed by atoms with Gasteiger partial charge in [0.1, 0.15) is 23.7 Å². The zero-order valence-corrected chi connectivity index (χ0v) is 16.6. The number of benzene rings is 2. The highest BCUT2D eigenvalue weighted by molar-refractivity contribution is 9.10. The molecular formula is C19H12BrF4N5O. The Hall–Kier alpha value is -2.92. The van der Waals surface area contributed by atoms with E-state index in [9.17, 15) is 13.9 Å². The summed E-state index contributed by atoms with van der Waals surface area (Å²) in [4.78, 5) is 3.97. The van der Waals surface area contributed by atoms with Gasteiger partial charge in [-0.25, -0.2) is 18.4 Å². The first-order chi connectivity index (χ1) is 14.2. The first-order valence-electron chi connectivity index (χ1n) is 8.54. The molecule has 1 unspecified atom stereocenters. The van der Waals surface area contributed by atoms with Gasteiger partial charge in [0, 0.05) is 21.5 Å². The summed E-state index contributed by atoms with van der Waals surface area (Å²) in [5.74, 6) is -6.41. The Morgan fingerprint density at radius 1 is 1.03 bits per heavy atom. The van der Waals surface area contributed by atoms with Crippen LogP contribution in [-0.2, 0) is 18.1 Å². The molecule has 6 nitrogen and oxygen atoms in total. The lowest BCUT2D eigenvalue weighted by molar-refractivity contribution is -0.207. The van der Waals surface area contributed by atoms with Gasteiger partial charge in [-0.15, -0.1) is 5.10 Å². The van der Waals surface area contributed by atoms with Gasteiger partial charge in [-0.3, -0.25) is 0 Å². The van der Waals surface area contributed by atoms with Crippen LogP contribution in [0.25, 0.3) is 10.9 Å². The van der Waals surface area contributed by atoms with Crippen molar-refractivity contribution in [2.45, 2.75) is 18.1 Å². The molecular weight excluding hydrogens is 470 g/mol. The molecule has 11 heteroatoms. The Morgan fingerprint density at radius 2 is 1.83 bits per heavy atom. The van der Waals surface area contributed by atoms with Gasteiger partial charge in [0.15, 0.2) is 5.60 Å². The van der Waals surface area contributed by atoms with Crippen LogP contribution in [0.3, 0.4) is 0 Å². The minimum atomic E-state index is -4.10. The van der Waals surface area contributed by atoms with E-state index < -0.39 is 41.0 Å². The van der Waals surface area contributed by atoms with E-state index in [2.05, 4.69) is 36.4 Å². The molecule has 0 aliphatic heterocycles. The minimum Gasteiger partial charge on any atom is -0.377 e. The monoisotopic (exact) mass is 481 g/mol. The number of hydrogen-bond donors (Lipinski definition) is 1. The molecule has 1 atom stereocenters. The molecule has 2 heterocycles. The Balaban J connectivity index is 1.89. The van der Waals surface area contributed by atoms with Gasteiger partial charge in [0.05, 0.1) is 12.1 Å². The molecule has 1 N–H and O–H groups in total. The van der Waals surface area contributed by atoms with E-state index in [0.29, 0.717) is 11.5 Å². The van der Waals surface area contributed by atoms with E-state index in [1.807, 2.05) is 0 Å². The van der Waals surface area contributed by atoms with Gasteiger partial charge in [0.25, 0.3) is 0 Å². The van der Waals surface area contributed by atoms with Crippen LogP contribution in [0.4, 0.5) is 17.6 Å². The SMILES string of the molecule is OC(Cn1cnnn1)(c1ccc(F)cc1F)C(F)(F)c1ccc2cc(Br)ccc2n1. The molecule has 30 heavy (non-hydrogen) atoms. The third-order valence-electron chi connectivity index (χ3n) is 4.65. The molecule has 154 valence electrons. The van der Waals surface area contributed by atoms with Crippen molar-refractivity contribution in [1.29, 1.82) is 0 Å². The second-order valence-corrected chi connectivity index (χ2v) is 7.52. The molecule has 0 bridgehead atoms. The van der Waals surface area contributed by atoms with Gasteiger partial charge >= 0.3 is 5.92 Å². The molecule has 4 rings (SSSR count). The molecule has 0 saturated carbocycles. The molecule has 2 aromatic heterocycles. The average Bonchev–Trinajstić information content (AvgIpc) is 3.20. The summed E-state index contributed by atoms with van der Waals surface area (Å²) in [6.45, 7) is -0.907. The molecule has 0 amide bonds. The average molecular weight is 482 g/mol. The van der Waals surface area contributed by atoms with Crippen LogP contribution in [0.15, 0.2) is 59.3 Å². The van der Waals surface area contributed by atoms with Crippen molar-refractivity contribution in [2.75, 3.05) is 0 Å². The Bertz CT molecular complexity index is 1220. The lowest BCUT2D eigenvalue weighted by Crippen LogP contribution is -2.48. The molecule has 0 radical (unpaired) electrons. The Morgan fingerprint density at radius 3 is 2.53 bits per heavy atom. The summed E-state index contributed by atoms with van der Waals surface area (Å²) in [7, 11) is 0. The van der Waals surface area contributed by atoms with Crippen LogP contribution in [0, 0.1) is 11.6 Å². The predicted octanol–water partition coefficient (Wildman–Crippen LogP) is 3.94. The molecule has 2 aromatic carbocycles. The maximum Gasteiger partial charge on any atom is 0.323 e. The van der Waals surface area contributed by atoms with E-state index >= 15 is 8.78 Å². The standard InChI is InChI=1S/C19H12BrF4N5O/c20-12-2-5-16-11(7-12)1-6-17(26-16)19(23,24)18(30,9-29-10-25-27-28-29)14-4-3-13(21)8-15(14)22/h1-8,10,30H,9H2. The fraction of sp³-hybridized carbons (Fsp3) is 0.158. The van der Waals surface area contributed by atoms with Crippen molar-refractivity contribution in [3.8, 4) is 0 Å². The molecule has 4 aromatic rings. The quantitative estimate of drug-likeness (QED) is 0.437. The fourth-order valence-corrected chi connectivity index (χ4v) is 3.53. The highest BCUT2D eigenvalue weighted by Crippen LogP contribution is 2.47. The van der Waals surface area contributed by atoms with Crippen LogP contribution in [0.5, 0.6) is 0 Å². The number of hydrogen-bond acceptors (Lipinski definition) is 5. The lowest BCUT2D eigenvalue weighted by atomic mass is 9.84. The molecule has 0 aliphatic carbocycles. The number of rotatable bonds is 5. The zero-order valence-electron chi connectivity index (χ0n) is 15.0. The predicted molar refractivity (Wildman–Crippen MR) is 101 cm³/mol. The van der Waals surface area contributed by atoms with E-state index in [0.717, 1.165) is 33.7 Å². The number of pyridine rings is 1. The van der Waals surface area contributed by atoms with Crippen LogP contribution >= 0.6 is 15.9 Å². The maximum absolute atomic E-state index is 15.7. The first-order valence-corrected chi connectivity index (χ1v) is 9.33. The summed E-state index contributed by atoms with van der Waals surface area (Å²) >= 11 is 3.29. The Labute approximate surface area is 175 Å². The number of aliphatic hydroxyl groups is 1. The summed E-state index contributed by atoms with van der Waals surface area (Å²) in [6, 6.07) is 9.27. The van der Waals surface area contributed by atoms with E-state index in [-0.39, 0.29) is 5.52 Å². The highest BCUT2D eigenvalue weighted by atomic mass is 79.9. The van der Waals surface area contributed by atoms with Crippen molar-refractivity contribution in [2.24, 2.45) is 0 Å². The Kier molecular flexibility index (Phi) is 5.02. The third kappa shape index (κ3) is 3.43. The first kappa shape index (κ1) is 20.4. The van der Waals surface area contributed by atoms with Crippen LogP contribution < -0.4 is 0 Å². The second kappa shape index (κ2) is 7.40.